The van der Waals surface area contributed by atoms with Crippen LogP contribution < -0.4 is 4.74 Å². The van der Waals surface area contributed by atoms with E-state index >= 15 is 0 Å². The smallest absolute Gasteiger partial charge is 0.254 e. The molecule has 1 aliphatic rings. The number of hydrogen-bond acceptors (Lipinski definition) is 6. The van der Waals surface area contributed by atoms with Crippen LogP contribution in [-0.2, 0) is 4.79 Å². The van der Waals surface area contributed by atoms with E-state index in [0.717, 1.165) is 34.4 Å². The van der Waals surface area contributed by atoms with Gasteiger partial charge in [0.1, 0.15) is 5.75 Å². The third-order valence-corrected chi connectivity index (χ3v) is 8.02. The highest BCUT2D eigenvalue weighted by Gasteiger charge is 2.30. The van der Waals surface area contributed by atoms with Crippen molar-refractivity contribution in [1.29, 1.82) is 0 Å². The van der Waals surface area contributed by atoms with Crippen molar-refractivity contribution in [3.8, 4) is 22.8 Å². The Morgan fingerprint density at radius 3 is 2.42 bits per heavy atom. The largest absolute Gasteiger partial charge is 0.497 e. The van der Waals surface area contributed by atoms with Gasteiger partial charge in [0.25, 0.3) is 5.91 Å². The van der Waals surface area contributed by atoms with Crippen molar-refractivity contribution < 1.29 is 14.3 Å². The first kappa shape index (κ1) is 27.5. The average molecular weight is 556 g/mol. The van der Waals surface area contributed by atoms with E-state index in [-0.39, 0.29) is 17.9 Å². The number of benzene rings is 3. The molecule has 3 aromatic carbocycles. The Balaban J connectivity index is 1.16. The maximum absolute atomic E-state index is 13.1. The number of aromatic nitrogens is 3. The number of para-hydroxylation sites is 1. The van der Waals surface area contributed by atoms with Gasteiger partial charge in [-0.15, -0.1) is 10.2 Å². The lowest BCUT2D eigenvalue weighted by atomic mass is 10.1. The molecule has 9 heteroatoms. The molecule has 5 rings (SSSR count). The Hall–Kier alpha value is -4.11. The Kier molecular flexibility index (Phi) is 8.81. The summed E-state index contributed by atoms with van der Waals surface area (Å²) in [6, 6.07) is 27.2. The molecule has 0 bridgehead atoms. The molecule has 1 aromatic heterocycles. The van der Waals surface area contributed by atoms with Gasteiger partial charge in [0, 0.05) is 54.7 Å². The van der Waals surface area contributed by atoms with Gasteiger partial charge in [-0.2, -0.15) is 0 Å². The fourth-order valence-corrected chi connectivity index (χ4v) is 5.79. The summed E-state index contributed by atoms with van der Waals surface area (Å²) in [5, 5.41) is 9.77. The van der Waals surface area contributed by atoms with Gasteiger partial charge in [-0.25, -0.2) is 0 Å². The molecule has 4 aromatic rings. The average Bonchev–Trinajstić information content (AvgIpc) is 3.43. The summed E-state index contributed by atoms with van der Waals surface area (Å²) in [5.74, 6) is 2.28. The summed E-state index contributed by atoms with van der Waals surface area (Å²) in [7, 11) is 1.59. The van der Waals surface area contributed by atoms with E-state index in [9.17, 15) is 9.59 Å². The molecule has 0 saturated carbocycles. The number of ether oxygens (including phenoxy) is 1. The number of nitrogens with zero attached hydrogens (tertiary/aromatic N) is 5. The number of amides is 2. The zero-order valence-electron chi connectivity index (χ0n) is 22.8. The maximum atomic E-state index is 13.1. The predicted octanol–water partition coefficient (Wildman–Crippen LogP) is 5.19. The summed E-state index contributed by atoms with van der Waals surface area (Å²) >= 11 is 1.61. The molecule has 1 saturated heterocycles. The molecule has 0 radical (unpaired) electrons. The minimum absolute atomic E-state index is 0.0349. The highest BCUT2D eigenvalue weighted by atomic mass is 32.2. The monoisotopic (exact) mass is 555 g/mol. The van der Waals surface area contributed by atoms with Crippen LogP contribution in [0.4, 0.5) is 0 Å². The van der Waals surface area contributed by atoms with E-state index in [1.165, 1.54) is 0 Å². The second-order valence-electron chi connectivity index (χ2n) is 9.71. The number of methoxy groups -OCH3 is 1. The lowest BCUT2D eigenvalue weighted by Gasteiger charge is -2.40. The molecule has 1 atom stereocenters. The molecule has 0 aliphatic carbocycles. The molecule has 2 amide bonds. The first-order chi connectivity index (χ1) is 19.5. The predicted molar refractivity (Wildman–Crippen MR) is 157 cm³/mol. The fourth-order valence-electron chi connectivity index (χ4n) is 4.90. The van der Waals surface area contributed by atoms with Gasteiger partial charge in [0.05, 0.1) is 7.11 Å². The van der Waals surface area contributed by atoms with Gasteiger partial charge in [-0.05, 0) is 43.7 Å². The summed E-state index contributed by atoms with van der Waals surface area (Å²) in [6.07, 6.45) is 1.18. The van der Waals surface area contributed by atoms with Crippen LogP contribution >= 0.6 is 11.8 Å². The Morgan fingerprint density at radius 2 is 1.70 bits per heavy atom. The van der Waals surface area contributed by atoms with E-state index in [0.29, 0.717) is 37.4 Å². The number of thioether (sulfide) groups is 1. The zero-order valence-corrected chi connectivity index (χ0v) is 23.6. The topological polar surface area (TPSA) is 80.6 Å². The van der Waals surface area contributed by atoms with Crippen LogP contribution in [0.1, 0.15) is 30.1 Å². The standard InChI is InChI=1S/C31H33N5O3S/c1-23-22-34(18-19-35(23)30(38)25-13-9-16-27(21-25)39-2)28(37)17-10-20-40-31-33-32-29(24-11-5-3-6-12-24)36(31)26-14-7-4-8-15-26/h3-9,11-16,21,23H,10,17-20,22H2,1-2H3. The van der Waals surface area contributed by atoms with Crippen LogP contribution in [-0.4, -0.2) is 74.9 Å². The summed E-state index contributed by atoms with van der Waals surface area (Å²) < 4.78 is 7.33. The van der Waals surface area contributed by atoms with Crippen molar-refractivity contribution in [3.63, 3.8) is 0 Å². The van der Waals surface area contributed by atoms with Crippen LogP contribution in [0.3, 0.4) is 0 Å². The van der Waals surface area contributed by atoms with E-state index in [1.54, 1.807) is 31.0 Å². The van der Waals surface area contributed by atoms with Crippen LogP contribution in [0.5, 0.6) is 5.75 Å². The molecule has 0 N–H and O–H groups in total. The molecular weight excluding hydrogens is 522 g/mol. The maximum Gasteiger partial charge on any atom is 0.254 e. The molecule has 206 valence electrons. The van der Waals surface area contributed by atoms with Crippen LogP contribution in [0.15, 0.2) is 90.1 Å². The minimum atomic E-state index is -0.0633. The van der Waals surface area contributed by atoms with Gasteiger partial charge >= 0.3 is 0 Å². The number of piperazine rings is 1. The molecular formula is C31H33N5O3S. The highest BCUT2D eigenvalue weighted by molar-refractivity contribution is 7.99. The van der Waals surface area contributed by atoms with Crippen LogP contribution in [0.25, 0.3) is 17.1 Å². The van der Waals surface area contributed by atoms with Crippen LogP contribution in [0.2, 0.25) is 0 Å². The lowest BCUT2D eigenvalue weighted by Crippen LogP contribution is -2.55. The van der Waals surface area contributed by atoms with E-state index in [2.05, 4.69) is 14.8 Å². The highest BCUT2D eigenvalue weighted by Crippen LogP contribution is 2.28. The van der Waals surface area contributed by atoms with Gasteiger partial charge in [-0.3, -0.25) is 14.2 Å². The van der Waals surface area contributed by atoms with E-state index in [4.69, 9.17) is 4.74 Å². The summed E-state index contributed by atoms with van der Waals surface area (Å²) in [4.78, 5) is 29.8. The Labute approximate surface area is 239 Å². The van der Waals surface area contributed by atoms with Gasteiger partial charge < -0.3 is 14.5 Å². The first-order valence-electron chi connectivity index (χ1n) is 13.5. The molecule has 40 heavy (non-hydrogen) atoms. The van der Waals surface area contributed by atoms with Gasteiger partial charge in [0.2, 0.25) is 5.91 Å². The number of hydrogen-bond donors (Lipinski definition) is 0. The SMILES string of the molecule is COc1cccc(C(=O)N2CCN(C(=O)CCCSc3nnc(-c4ccccc4)n3-c3ccccc3)CC2C)c1. The Bertz CT molecular complexity index is 1440. The first-order valence-corrected chi connectivity index (χ1v) is 14.5. The summed E-state index contributed by atoms with van der Waals surface area (Å²) in [6.45, 7) is 3.58. The molecule has 1 aliphatic heterocycles. The normalized spacial score (nSPS) is 15.2. The third-order valence-electron chi connectivity index (χ3n) is 7.00. The van der Waals surface area contributed by atoms with Crippen molar-refractivity contribution in [2.24, 2.45) is 0 Å². The lowest BCUT2D eigenvalue weighted by molar-refractivity contribution is -0.133. The van der Waals surface area contributed by atoms with Crippen molar-refractivity contribution in [2.45, 2.75) is 31.0 Å². The second-order valence-corrected chi connectivity index (χ2v) is 10.8. The van der Waals surface area contributed by atoms with Crippen molar-refractivity contribution >= 4 is 23.6 Å². The van der Waals surface area contributed by atoms with Crippen molar-refractivity contribution in [1.82, 2.24) is 24.6 Å². The van der Waals surface area contributed by atoms with E-state index < -0.39 is 0 Å². The van der Waals surface area contributed by atoms with Crippen LogP contribution in [0, 0.1) is 0 Å². The molecule has 1 fully saturated rings. The minimum Gasteiger partial charge on any atom is -0.497 e. The van der Waals surface area contributed by atoms with Crippen molar-refractivity contribution in [2.75, 3.05) is 32.5 Å². The summed E-state index contributed by atoms with van der Waals surface area (Å²) in [5.41, 5.74) is 2.60. The quantitative estimate of drug-likeness (QED) is 0.209. The molecule has 0 spiro atoms. The molecule has 2 heterocycles. The van der Waals surface area contributed by atoms with Gasteiger partial charge in [-0.1, -0.05) is 66.4 Å². The second kappa shape index (κ2) is 12.8. The Morgan fingerprint density at radius 1 is 0.950 bits per heavy atom. The molecule has 1 unspecified atom stereocenters. The molecule has 8 nitrogen and oxygen atoms in total. The third kappa shape index (κ3) is 6.20. The number of carbonyl (C=O) groups is 2. The van der Waals surface area contributed by atoms with Gasteiger partial charge in [0.15, 0.2) is 11.0 Å². The number of carbonyl (C=O) groups excluding carboxylic acids is 2. The van der Waals surface area contributed by atoms with E-state index in [1.807, 2.05) is 89.5 Å². The zero-order chi connectivity index (χ0) is 27.9. The fraction of sp³-hybridized carbons (Fsp3) is 0.290. The number of rotatable bonds is 9. The van der Waals surface area contributed by atoms with Crippen molar-refractivity contribution in [3.05, 3.63) is 90.5 Å².